The van der Waals surface area contributed by atoms with Crippen molar-refractivity contribution in [2.24, 2.45) is 4.99 Å². The highest BCUT2D eigenvalue weighted by Crippen LogP contribution is 2.20. The van der Waals surface area contributed by atoms with E-state index in [-0.39, 0.29) is 6.10 Å². The topological polar surface area (TPSA) is 48.7 Å². The monoisotopic (exact) mass is 148 g/mol. The predicted molar refractivity (Wildman–Crippen MR) is 40.1 cm³/mol. The fourth-order valence-corrected chi connectivity index (χ4v) is 1.12. The molecule has 2 heterocycles. The van der Waals surface area contributed by atoms with Crippen LogP contribution in [-0.4, -0.2) is 18.4 Å². The van der Waals surface area contributed by atoms with Gasteiger partial charge in [-0.25, -0.2) is 0 Å². The highest BCUT2D eigenvalue weighted by Gasteiger charge is 2.29. The molecule has 1 unspecified atom stereocenters. The Balaban J connectivity index is 2.10. The minimum absolute atomic E-state index is 0.270. The lowest BCUT2D eigenvalue weighted by molar-refractivity contribution is 0.447. The summed E-state index contributed by atoms with van der Waals surface area (Å²) in [4.78, 5) is 4.15. The van der Waals surface area contributed by atoms with Crippen LogP contribution < -0.4 is 0 Å². The van der Waals surface area contributed by atoms with E-state index >= 15 is 0 Å². The second-order valence-corrected chi connectivity index (χ2v) is 2.71. The maximum atomic E-state index is 8.51. The van der Waals surface area contributed by atoms with Crippen molar-refractivity contribution in [3.8, 4) is 6.07 Å². The van der Waals surface area contributed by atoms with Crippen LogP contribution >= 0.6 is 0 Å². The zero-order chi connectivity index (χ0) is 7.68. The molecule has 0 radical (unpaired) electrons. The van der Waals surface area contributed by atoms with Crippen LogP contribution in [0.1, 0.15) is 12.8 Å². The molecule has 2 aliphatic heterocycles. The number of ether oxygens (including phenoxy) is 1. The molecule has 2 rings (SSSR count). The standard InChI is InChI=1S/C8H8N2O/c9-3-6-1-2-7(10-4-6)8-5-11-8/h4,8H,1-2,5H2. The van der Waals surface area contributed by atoms with E-state index in [9.17, 15) is 0 Å². The van der Waals surface area contributed by atoms with Crippen LogP contribution in [0.5, 0.6) is 0 Å². The van der Waals surface area contributed by atoms with Crippen LogP contribution in [0, 0.1) is 11.3 Å². The molecule has 1 fully saturated rings. The molecule has 1 atom stereocenters. The summed E-state index contributed by atoms with van der Waals surface area (Å²) in [6.45, 7) is 0.814. The van der Waals surface area contributed by atoms with Crippen molar-refractivity contribution < 1.29 is 4.74 Å². The quantitative estimate of drug-likeness (QED) is 0.521. The molecule has 0 bridgehead atoms. The third-order valence-corrected chi connectivity index (χ3v) is 1.89. The lowest BCUT2D eigenvalue weighted by Gasteiger charge is -2.05. The number of hydrogen-bond donors (Lipinski definition) is 0. The summed E-state index contributed by atoms with van der Waals surface area (Å²) in [5.41, 5.74) is 1.87. The van der Waals surface area contributed by atoms with Crippen LogP contribution in [0.15, 0.2) is 16.8 Å². The van der Waals surface area contributed by atoms with Crippen LogP contribution in [-0.2, 0) is 4.74 Å². The number of nitrogens with zero attached hydrogens (tertiary/aromatic N) is 2. The molecule has 0 aromatic heterocycles. The highest BCUT2D eigenvalue weighted by molar-refractivity contribution is 5.92. The Hall–Kier alpha value is -1.14. The Morgan fingerprint density at radius 3 is 2.91 bits per heavy atom. The van der Waals surface area contributed by atoms with E-state index in [1.165, 1.54) is 0 Å². The van der Waals surface area contributed by atoms with Gasteiger partial charge in [0, 0.05) is 17.5 Å². The average molecular weight is 148 g/mol. The van der Waals surface area contributed by atoms with Crippen molar-refractivity contribution in [2.75, 3.05) is 6.61 Å². The molecule has 0 aromatic carbocycles. The number of aliphatic imine (C=N–C) groups is 1. The Labute approximate surface area is 65.0 Å². The van der Waals surface area contributed by atoms with Crippen LogP contribution in [0.4, 0.5) is 0 Å². The molecule has 3 nitrogen and oxygen atoms in total. The average Bonchev–Trinajstić information content (AvgIpc) is 2.87. The third-order valence-electron chi connectivity index (χ3n) is 1.89. The van der Waals surface area contributed by atoms with Gasteiger partial charge in [-0.15, -0.1) is 0 Å². The Kier molecular flexibility index (Phi) is 1.48. The summed E-state index contributed by atoms with van der Waals surface area (Å²) in [6, 6.07) is 2.10. The highest BCUT2D eigenvalue weighted by atomic mass is 16.6. The van der Waals surface area contributed by atoms with Gasteiger partial charge in [-0.05, 0) is 12.8 Å². The molecule has 0 N–H and O–H groups in total. The number of hydrogen-bond acceptors (Lipinski definition) is 3. The molecule has 56 valence electrons. The van der Waals surface area contributed by atoms with Crippen molar-refractivity contribution in [1.82, 2.24) is 0 Å². The second-order valence-electron chi connectivity index (χ2n) is 2.71. The van der Waals surface area contributed by atoms with Crippen molar-refractivity contribution in [1.29, 1.82) is 5.26 Å². The second kappa shape index (κ2) is 2.48. The van der Waals surface area contributed by atoms with Gasteiger partial charge in [-0.2, -0.15) is 5.26 Å². The Morgan fingerprint density at radius 1 is 1.64 bits per heavy atom. The maximum Gasteiger partial charge on any atom is 0.119 e. The largest absolute Gasteiger partial charge is 0.367 e. The molecule has 0 aromatic rings. The van der Waals surface area contributed by atoms with Gasteiger partial charge in [0.25, 0.3) is 0 Å². The first-order valence-electron chi connectivity index (χ1n) is 3.67. The molecule has 0 aliphatic carbocycles. The third kappa shape index (κ3) is 1.31. The minimum Gasteiger partial charge on any atom is -0.367 e. The lowest BCUT2D eigenvalue weighted by atomic mass is 10.1. The Morgan fingerprint density at radius 2 is 2.45 bits per heavy atom. The van der Waals surface area contributed by atoms with E-state index in [0.717, 1.165) is 30.7 Å². The summed E-state index contributed by atoms with van der Waals surface area (Å²) in [5.74, 6) is 0. The first kappa shape index (κ1) is 6.56. The fourth-order valence-electron chi connectivity index (χ4n) is 1.12. The summed E-state index contributed by atoms with van der Waals surface area (Å²) < 4.78 is 5.07. The van der Waals surface area contributed by atoms with Gasteiger partial charge in [0.05, 0.1) is 12.7 Å². The van der Waals surface area contributed by atoms with Crippen molar-refractivity contribution >= 4 is 5.71 Å². The van der Waals surface area contributed by atoms with Gasteiger partial charge in [-0.3, -0.25) is 4.99 Å². The van der Waals surface area contributed by atoms with Crippen LogP contribution in [0.2, 0.25) is 0 Å². The molecular weight excluding hydrogens is 140 g/mol. The molecule has 11 heavy (non-hydrogen) atoms. The van der Waals surface area contributed by atoms with E-state index in [4.69, 9.17) is 10.00 Å². The van der Waals surface area contributed by atoms with Crippen molar-refractivity contribution in [3.63, 3.8) is 0 Å². The van der Waals surface area contributed by atoms with E-state index in [2.05, 4.69) is 11.1 Å². The van der Waals surface area contributed by atoms with Gasteiger partial charge < -0.3 is 4.74 Å². The number of epoxide rings is 1. The molecule has 2 aliphatic rings. The molecular formula is C8H8N2O. The van der Waals surface area contributed by atoms with Gasteiger partial charge in [0.1, 0.15) is 6.10 Å². The van der Waals surface area contributed by atoms with E-state index in [1.54, 1.807) is 6.20 Å². The maximum absolute atomic E-state index is 8.51. The molecule has 0 spiro atoms. The first-order valence-corrected chi connectivity index (χ1v) is 3.67. The van der Waals surface area contributed by atoms with Crippen molar-refractivity contribution in [3.05, 3.63) is 11.8 Å². The van der Waals surface area contributed by atoms with Gasteiger partial charge >= 0.3 is 0 Å². The lowest BCUT2D eigenvalue weighted by Crippen LogP contribution is -2.09. The van der Waals surface area contributed by atoms with E-state index in [1.807, 2.05) is 0 Å². The SMILES string of the molecule is N#CC1=CN=C(C2CO2)CC1. The van der Waals surface area contributed by atoms with Crippen LogP contribution in [0.3, 0.4) is 0 Å². The summed E-state index contributed by atoms with van der Waals surface area (Å²) in [7, 11) is 0. The molecule has 0 amide bonds. The summed E-state index contributed by atoms with van der Waals surface area (Å²) in [5, 5.41) is 8.51. The minimum atomic E-state index is 0.270. The van der Waals surface area contributed by atoms with Crippen LogP contribution in [0.25, 0.3) is 0 Å². The number of rotatable bonds is 1. The Bertz CT molecular complexity index is 268. The number of allylic oxidation sites excluding steroid dienone is 1. The molecule has 3 heteroatoms. The normalized spacial score (nSPS) is 28.5. The van der Waals surface area contributed by atoms with Gasteiger partial charge in [0.2, 0.25) is 0 Å². The zero-order valence-electron chi connectivity index (χ0n) is 6.08. The number of nitriles is 1. The molecule has 0 saturated carbocycles. The fraction of sp³-hybridized carbons (Fsp3) is 0.500. The summed E-state index contributed by atoms with van der Waals surface area (Å²) >= 11 is 0. The predicted octanol–water partition coefficient (Wildman–Crippen LogP) is 1.03. The smallest absolute Gasteiger partial charge is 0.119 e. The van der Waals surface area contributed by atoms with Crippen molar-refractivity contribution in [2.45, 2.75) is 18.9 Å². The van der Waals surface area contributed by atoms with Gasteiger partial charge in [-0.1, -0.05) is 0 Å². The van der Waals surface area contributed by atoms with Gasteiger partial charge in [0.15, 0.2) is 0 Å². The zero-order valence-corrected chi connectivity index (χ0v) is 6.08. The first-order chi connectivity index (χ1) is 5.40. The molecule has 1 saturated heterocycles. The van der Waals surface area contributed by atoms with E-state index in [0.29, 0.717) is 0 Å². The summed E-state index contributed by atoms with van der Waals surface area (Å²) in [6.07, 6.45) is 3.64. The van der Waals surface area contributed by atoms with E-state index < -0.39 is 0 Å².